The van der Waals surface area contributed by atoms with Crippen LogP contribution in [0.3, 0.4) is 0 Å². The van der Waals surface area contributed by atoms with E-state index in [0.29, 0.717) is 0 Å². The number of rotatable bonds is 3. The van der Waals surface area contributed by atoms with Gasteiger partial charge < -0.3 is 9.52 Å². The number of aryl methyl sites for hydroxylation is 1. The molecule has 1 N–H and O–H groups in total. The maximum absolute atomic E-state index is 9.72. The molecule has 1 atom stereocenters. The Morgan fingerprint density at radius 3 is 2.54 bits per heavy atom. The summed E-state index contributed by atoms with van der Waals surface area (Å²) in [7, 11) is 0. The van der Waals surface area contributed by atoms with Gasteiger partial charge in [0.1, 0.15) is 5.76 Å². The number of thioether (sulfide) groups is 1. The number of hydrogen-bond donors (Lipinski definition) is 1. The first-order valence-corrected chi connectivity index (χ1v) is 5.22. The van der Waals surface area contributed by atoms with Gasteiger partial charge in [-0.2, -0.15) is 0 Å². The molecule has 13 heavy (non-hydrogen) atoms. The van der Waals surface area contributed by atoms with Crippen molar-refractivity contribution in [1.29, 1.82) is 0 Å². The standard InChI is InChI=1S/C10H16O2S/c1-7-9(5-6-12-7)13-8(2)10(3,4)11/h5-6,8,11H,1-4H3. The quantitative estimate of drug-likeness (QED) is 0.762. The van der Waals surface area contributed by atoms with Gasteiger partial charge in [0.25, 0.3) is 0 Å². The van der Waals surface area contributed by atoms with Crippen LogP contribution >= 0.6 is 11.8 Å². The molecule has 0 bridgehead atoms. The molecule has 3 heteroatoms. The average Bonchev–Trinajstić information content (AvgIpc) is 2.34. The Balaban J connectivity index is 2.65. The minimum atomic E-state index is -0.658. The van der Waals surface area contributed by atoms with Crippen LogP contribution in [-0.2, 0) is 0 Å². The first kappa shape index (κ1) is 10.7. The van der Waals surface area contributed by atoms with E-state index in [1.54, 1.807) is 18.0 Å². The molecule has 1 unspecified atom stereocenters. The maximum atomic E-state index is 9.72. The van der Waals surface area contributed by atoms with Gasteiger partial charge in [-0.05, 0) is 26.8 Å². The minimum absolute atomic E-state index is 0.156. The fourth-order valence-corrected chi connectivity index (χ4v) is 1.85. The number of furan rings is 1. The molecule has 0 aliphatic heterocycles. The van der Waals surface area contributed by atoms with Crippen LogP contribution in [0.2, 0.25) is 0 Å². The van der Waals surface area contributed by atoms with Gasteiger partial charge in [0.15, 0.2) is 0 Å². The molecule has 1 heterocycles. The zero-order chi connectivity index (χ0) is 10.1. The van der Waals surface area contributed by atoms with Crippen molar-refractivity contribution in [3.8, 4) is 0 Å². The van der Waals surface area contributed by atoms with Crippen molar-refractivity contribution in [2.24, 2.45) is 0 Å². The minimum Gasteiger partial charge on any atom is -0.468 e. The molecule has 0 aromatic carbocycles. The second-order valence-electron chi connectivity index (χ2n) is 3.75. The third-order valence-electron chi connectivity index (χ3n) is 2.11. The third-order valence-corrected chi connectivity index (χ3v) is 3.72. The highest BCUT2D eigenvalue weighted by Crippen LogP contribution is 2.32. The summed E-state index contributed by atoms with van der Waals surface area (Å²) in [5, 5.41) is 9.88. The summed E-state index contributed by atoms with van der Waals surface area (Å²) in [6, 6.07) is 1.93. The van der Waals surface area contributed by atoms with Crippen LogP contribution in [0.5, 0.6) is 0 Å². The molecule has 1 aromatic heterocycles. The van der Waals surface area contributed by atoms with E-state index in [0.717, 1.165) is 10.7 Å². The average molecular weight is 200 g/mol. The lowest BCUT2D eigenvalue weighted by atomic mass is 10.1. The smallest absolute Gasteiger partial charge is 0.114 e. The van der Waals surface area contributed by atoms with Gasteiger partial charge in [-0.3, -0.25) is 0 Å². The van der Waals surface area contributed by atoms with E-state index in [1.807, 2.05) is 33.8 Å². The fraction of sp³-hybridized carbons (Fsp3) is 0.600. The first-order chi connectivity index (χ1) is 5.91. The van der Waals surface area contributed by atoms with E-state index in [4.69, 9.17) is 4.42 Å². The normalized spacial score (nSPS) is 14.5. The van der Waals surface area contributed by atoms with E-state index < -0.39 is 5.60 Å². The van der Waals surface area contributed by atoms with Gasteiger partial charge in [0.05, 0.1) is 11.9 Å². The van der Waals surface area contributed by atoms with Crippen molar-refractivity contribution in [2.75, 3.05) is 0 Å². The third kappa shape index (κ3) is 2.78. The van der Waals surface area contributed by atoms with Crippen LogP contribution in [-0.4, -0.2) is 16.0 Å². The molecule has 0 aliphatic rings. The predicted molar refractivity (Wildman–Crippen MR) is 55.1 cm³/mol. The lowest BCUT2D eigenvalue weighted by Gasteiger charge is -2.24. The SMILES string of the molecule is Cc1occc1SC(C)C(C)(C)O. The highest BCUT2D eigenvalue weighted by Gasteiger charge is 2.24. The first-order valence-electron chi connectivity index (χ1n) is 4.34. The Labute approximate surface area is 83.3 Å². The van der Waals surface area contributed by atoms with Crippen molar-refractivity contribution < 1.29 is 9.52 Å². The maximum Gasteiger partial charge on any atom is 0.114 e. The largest absolute Gasteiger partial charge is 0.468 e. The lowest BCUT2D eigenvalue weighted by molar-refractivity contribution is 0.0824. The molecule has 0 amide bonds. The zero-order valence-corrected chi connectivity index (χ0v) is 9.31. The van der Waals surface area contributed by atoms with Crippen molar-refractivity contribution in [2.45, 2.75) is 43.4 Å². The van der Waals surface area contributed by atoms with E-state index in [1.165, 1.54) is 0 Å². The molecule has 0 aliphatic carbocycles. The molecule has 0 radical (unpaired) electrons. The Kier molecular flexibility index (Phi) is 3.09. The van der Waals surface area contributed by atoms with Gasteiger partial charge >= 0.3 is 0 Å². The molecule has 0 fully saturated rings. The zero-order valence-electron chi connectivity index (χ0n) is 8.50. The highest BCUT2D eigenvalue weighted by atomic mass is 32.2. The van der Waals surface area contributed by atoms with Crippen molar-refractivity contribution in [3.63, 3.8) is 0 Å². The summed E-state index contributed by atoms with van der Waals surface area (Å²) in [6.07, 6.45) is 1.68. The Bertz CT molecular complexity index is 273. The summed E-state index contributed by atoms with van der Waals surface area (Å²) < 4.78 is 5.18. The van der Waals surface area contributed by atoms with E-state index in [9.17, 15) is 5.11 Å². The van der Waals surface area contributed by atoms with Crippen molar-refractivity contribution in [3.05, 3.63) is 18.1 Å². The summed E-state index contributed by atoms with van der Waals surface area (Å²) in [6.45, 7) is 7.58. The lowest BCUT2D eigenvalue weighted by Crippen LogP contribution is -2.30. The van der Waals surface area contributed by atoms with Gasteiger partial charge in [0, 0.05) is 10.1 Å². The van der Waals surface area contributed by atoms with Crippen molar-refractivity contribution >= 4 is 11.8 Å². The summed E-state index contributed by atoms with van der Waals surface area (Å²) in [5.74, 6) is 0.918. The van der Waals surface area contributed by atoms with E-state index >= 15 is 0 Å². The van der Waals surface area contributed by atoms with Crippen molar-refractivity contribution in [1.82, 2.24) is 0 Å². The van der Waals surface area contributed by atoms with Crippen LogP contribution in [0.15, 0.2) is 21.6 Å². The number of aliphatic hydroxyl groups is 1. The topological polar surface area (TPSA) is 33.4 Å². The van der Waals surface area contributed by atoms with Crippen LogP contribution < -0.4 is 0 Å². The molecular formula is C10H16O2S. The Morgan fingerprint density at radius 1 is 1.54 bits per heavy atom. The van der Waals surface area contributed by atoms with Gasteiger partial charge in [-0.1, -0.05) is 6.92 Å². The van der Waals surface area contributed by atoms with Crippen LogP contribution in [0.1, 0.15) is 26.5 Å². The molecule has 74 valence electrons. The number of hydrogen-bond acceptors (Lipinski definition) is 3. The second-order valence-corrected chi connectivity index (χ2v) is 5.14. The molecule has 0 saturated heterocycles. The summed E-state index contributed by atoms with van der Waals surface area (Å²) >= 11 is 1.64. The van der Waals surface area contributed by atoms with Crippen LogP contribution in [0.4, 0.5) is 0 Å². The summed E-state index contributed by atoms with van der Waals surface area (Å²) in [5.41, 5.74) is -0.658. The van der Waals surface area contributed by atoms with Gasteiger partial charge in [-0.15, -0.1) is 11.8 Å². The Morgan fingerprint density at radius 2 is 2.15 bits per heavy atom. The molecule has 1 rings (SSSR count). The molecule has 0 spiro atoms. The van der Waals surface area contributed by atoms with Crippen LogP contribution in [0.25, 0.3) is 0 Å². The molecule has 2 nitrogen and oxygen atoms in total. The Hall–Kier alpha value is -0.410. The molecule has 0 saturated carbocycles. The predicted octanol–water partition coefficient (Wildman–Crippen LogP) is 2.84. The van der Waals surface area contributed by atoms with E-state index in [2.05, 4.69) is 0 Å². The van der Waals surface area contributed by atoms with Gasteiger partial charge in [0.2, 0.25) is 0 Å². The summed E-state index contributed by atoms with van der Waals surface area (Å²) in [4.78, 5) is 1.11. The molecule has 1 aromatic rings. The fourth-order valence-electron chi connectivity index (χ4n) is 0.830. The van der Waals surface area contributed by atoms with E-state index in [-0.39, 0.29) is 5.25 Å². The molecular weight excluding hydrogens is 184 g/mol. The highest BCUT2D eigenvalue weighted by molar-refractivity contribution is 8.00. The van der Waals surface area contributed by atoms with Crippen LogP contribution in [0, 0.1) is 6.92 Å². The van der Waals surface area contributed by atoms with Gasteiger partial charge in [-0.25, -0.2) is 0 Å². The second kappa shape index (κ2) is 3.76. The monoisotopic (exact) mass is 200 g/mol.